The predicted octanol–water partition coefficient (Wildman–Crippen LogP) is 1.54. The Balaban J connectivity index is 2.78. The van der Waals surface area contributed by atoms with E-state index in [0.29, 0.717) is 26.1 Å². The Labute approximate surface area is 122 Å². The smallest absolute Gasteiger partial charge is 0.230 e. The fourth-order valence-electron chi connectivity index (χ4n) is 2.99. The lowest BCUT2D eigenvalue weighted by molar-refractivity contribution is -0.144. The zero-order valence-corrected chi connectivity index (χ0v) is 12.8. The van der Waals surface area contributed by atoms with E-state index < -0.39 is 0 Å². The summed E-state index contributed by atoms with van der Waals surface area (Å²) in [6.45, 7) is 5.47. The summed E-state index contributed by atoms with van der Waals surface area (Å²) in [5.74, 6) is 0.193. The molecule has 0 aromatic carbocycles. The Bertz CT molecular complexity index is 327. The molecule has 5 heteroatoms. The largest absolute Gasteiger partial charge is 0.383 e. The molecule has 0 aliphatic carbocycles. The quantitative estimate of drug-likeness (QED) is 0.733. The van der Waals surface area contributed by atoms with Gasteiger partial charge in [0.1, 0.15) is 0 Å². The van der Waals surface area contributed by atoms with E-state index in [0.717, 1.165) is 38.8 Å². The molecule has 1 heterocycles. The molecule has 0 radical (unpaired) electrons. The average molecular weight is 281 g/mol. The minimum atomic E-state index is -0.282. The predicted molar refractivity (Wildman–Crippen MR) is 78.1 cm³/mol. The number of rotatable bonds is 8. The summed E-state index contributed by atoms with van der Waals surface area (Å²) in [6.07, 6.45) is 4.29. The molecule has 1 unspecified atom stereocenters. The molecule has 114 valence electrons. The molecular weight excluding hydrogens is 254 g/mol. The van der Waals surface area contributed by atoms with E-state index in [1.165, 1.54) is 0 Å². The lowest BCUT2D eigenvalue weighted by Gasteiger charge is -2.40. The van der Waals surface area contributed by atoms with Crippen molar-refractivity contribution in [1.82, 2.24) is 10.2 Å². The molecule has 0 aromatic heterocycles. The van der Waals surface area contributed by atoms with Crippen LogP contribution in [0.15, 0.2) is 0 Å². The molecule has 0 aromatic rings. The number of ether oxygens (including phenoxy) is 1. The first kappa shape index (κ1) is 16.9. The second-order valence-corrected chi connectivity index (χ2v) is 5.50. The van der Waals surface area contributed by atoms with Crippen LogP contribution in [0.4, 0.5) is 0 Å². The highest BCUT2D eigenvalue weighted by molar-refractivity contribution is 5.83. The molecule has 5 nitrogen and oxygen atoms in total. The van der Waals surface area contributed by atoms with Crippen molar-refractivity contribution in [2.75, 3.05) is 39.9 Å². The molecule has 0 bridgehead atoms. The second-order valence-electron chi connectivity index (χ2n) is 5.50. The van der Waals surface area contributed by atoms with Crippen LogP contribution in [-0.2, 0) is 9.53 Å². The maximum absolute atomic E-state index is 12.9. The van der Waals surface area contributed by atoms with Crippen LogP contribution >= 0.6 is 0 Å². The third kappa shape index (κ3) is 4.46. The summed E-state index contributed by atoms with van der Waals surface area (Å²) in [7, 11) is 1.64. The van der Waals surface area contributed by atoms with Crippen LogP contribution in [0, 0.1) is 16.7 Å². The van der Waals surface area contributed by atoms with Gasteiger partial charge < -0.3 is 15.0 Å². The Kier molecular flexibility index (Phi) is 7.56. The fraction of sp³-hybridized carbons (Fsp3) is 0.867. The SMILES string of the molecule is CCCC1(C(=O)N(CCC#N)CCOC)CCCNC1. The van der Waals surface area contributed by atoms with Gasteiger partial charge in [0.25, 0.3) is 0 Å². The number of nitrogens with zero attached hydrogens (tertiary/aromatic N) is 2. The van der Waals surface area contributed by atoms with Gasteiger partial charge in [-0.1, -0.05) is 13.3 Å². The fourth-order valence-corrected chi connectivity index (χ4v) is 2.99. The molecular formula is C15H27N3O2. The van der Waals surface area contributed by atoms with Crippen molar-refractivity contribution in [3.8, 4) is 6.07 Å². The maximum atomic E-state index is 12.9. The first-order valence-corrected chi connectivity index (χ1v) is 7.56. The number of piperidine rings is 1. The Morgan fingerprint density at radius 1 is 1.50 bits per heavy atom. The van der Waals surface area contributed by atoms with E-state index >= 15 is 0 Å². The number of amides is 1. The number of hydrogen-bond acceptors (Lipinski definition) is 4. The van der Waals surface area contributed by atoms with E-state index in [-0.39, 0.29) is 11.3 Å². The summed E-state index contributed by atoms with van der Waals surface area (Å²) >= 11 is 0. The molecule has 1 rings (SSSR count). The maximum Gasteiger partial charge on any atom is 0.230 e. The van der Waals surface area contributed by atoms with Crippen LogP contribution < -0.4 is 5.32 Å². The van der Waals surface area contributed by atoms with Crippen LogP contribution in [0.25, 0.3) is 0 Å². The van der Waals surface area contributed by atoms with E-state index in [1.54, 1.807) is 7.11 Å². The molecule has 1 fully saturated rings. The molecule has 20 heavy (non-hydrogen) atoms. The van der Waals surface area contributed by atoms with E-state index in [1.807, 2.05) is 4.90 Å². The van der Waals surface area contributed by atoms with Crippen molar-refractivity contribution in [2.24, 2.45) is 5.41 Å². The van der Waals surface area contributed by atoms with Gasteiger partial charge in [0.2, 0.25) is 5.91 Å². The summed E-state index contributed by atoms with van der Waals surface area (Å²) in [6, 6.07) is 2.13. The molecule has 1 N–H and O–H groups in total. The monoisotopic (exact) mass is 281 g/mol. The molecule has 0 saturated carbocycles. The zero-order valence-electron chi connectivity index (χ0n) is 12.8. The van der Waals surface area contributed by atoms with Gasteiger partial charge in [0.15, 0.2) is 0 Å². The summed E-state index contributed by atoms with van der Waals surface area (Å²) in [5.41, 5.74) is -0.282. The minimum absolute atomic E-state index is 0.193. The van der Waals surface area contributed by atoms with Gasteiger partial charge in [0, 0.05) is 26.7 Å². The third-order valence-corrected chi connectivity index (χ3v) is 4.00. The number of methoxy groups -OCH3 is 1. The van der Waals surface area contributed by atoms with Gasteiger partial charge in [-0.2, -0.15) is 5.26 Å². The number of carbonyl (C=O) groups excluding carboxylic acids is 1. The van der Waals surface area contributed by atoms with E-state index in [2.05, 4.69) is 18.3 Å². The summed E-state index contributed by atoms with van der Waals surface area (Å²) in [5, 5.41) is 12.1. The number of hydrogen-bond donors (Lipinski definition) is 1. The van der Waals surface area contributed by atoms with Crippen molar-refractivity contribution in [1.29, 1.82) is 5.26 Å². The van der Waals surface area contributed by atoms with Gasteiger partial charge in [-0.3, -0.25) is 4.79 Å². The van der Waals surface area contributed by atoms with Gasteiger partial charge in [-0.05, 0) is 25.8 Å². The standard InChI is InChI=1S/C15H27N3O2/c1-3-6-15(7-4-9-17-13-15)14(19)18(10-5-8-16)11-12-20-2/h17H,3-7,9-13H2,1-2H3. The van der Waals surface area contributed by atoms with E-state index in [9.17, 15) is 4.79 Å². The molecule has 0 spiro atoms. The van der Waals surface area contributed by atoms with E-state index in [4.69, 9.17) is 10.00 Å². The highest BCUT2D eigenvalue weighted by atomic mass is 16.5. The number of nitriles is 1. The lowest BCUT2D eigenvalue weighted by Crippen LogP contribution is -2.52. The highest BCUT2D eigenvalue weighted by Gasteiger charge is 2.41. The summed E-state index contributed by atoms with van der Waals surface area (Å²) < 4.78 is 5.09. The minimum Gasteiger partial charge on any atom is -0.383 e. The lowest BCUT2D eigenvalue weighted by atomic mass is 9.75. The summed E-state index contributed by atoms with van der Waals surface area (Å²) in [4.78, 5) is 14.8. The normalized spacial score (nSPS) is 22.2. The van der Waals surface area contributed by atoms with Crippen molar-refractivity contribution in [3.63, 3.8) is 0 Å². The topological polar surface area (TPSA) is 65.4 Å². The Morgan fingerprint density at radius 2 is 2.30 bits per heavy atom. The molecule has 1 saturated heterocycles. The molecule has 1 amide bonds. The van der Waals surface area contributed by atoms with Gasteiger partial charge in [-0.25, -0.2) is 0 Å². The number of carbonyl (C=O) groups is 1. The van der Waals surface area contributed by atoms with Crippen LogP contribution in [0.3, 0.4) is 0 Å². The van der Waals surface area contributed by atoms with Crippen molar-refractivity contribution >= 4 is 5.91 Å². The van der Waals surface area contributed by atoms with Gasteiger partial charge in [-0.15, -0.1) is 0 Å². The third-order valence-electron chi connectivity index (χ3n) is 4.00. The van der Waals surface area contributed by atoms with Gasteiger partial charge in [0.05, 0.1) is 24.5 Å². The van der Waals surface area contributed by atoms with Crippen LogP contribution in [0.5, 0.6) is 0 Å². The van der Waals surface area contributed by atoms with Crippen molar-refractivity contribution in [2.45, 2.75) is 39.0 Å². The van der Waals surface area contributed by atoms with Crippen molar-refractivity contribution in [3.05, 3.63) is 0 Å². The molecule has 1 aliphatic rings. The zero-order chi connectivity index (χ0) is 14.8. The molecule has 1 aliphatic heterocycles. The number of nitrogens with one attached hydrogen (secondary N) is 1. The van der Waals surface area contributed by atoms with Crippen molar-refractivity contribution < 1.29 is 9.53 Å². The first-order chi connectivity index (χ1) is 9.70. The average Bonchev–Trinajstić information content (AvgIpc) is 2.48. The van der Waals surface area contributed by atoms with Crippen LogP contribution in [-0.4, -0.2) is 50.7 Å². The van der Waals surface area contributed by atoms with Gasteiger partial charge >= 0.3 is 0 Å². The first-order valence-electron chi connectivity index (χ1n) is 7.56. The van der Waals surface area contributed by atoms with Crippen LogP contribution in [0.1, 0.15) is 39.0 Å². The highest BCUT2D eigenvalue weighted by Crippen LogP contribution is 2.33. The molecule has 1 atom stereocenters. The Morgan fingerprint density at radius 3 is 2.85 bits per heavy atom. The Hall–Kier alpha value is -1.12. The van der Waals surface area contributed by atoms with Crippen LogP contribution in [0.2, 0.25) is 0 Å². The second kappa shape index (κ2) is 8.93.